The molecule has 0 saturated carbocycles. The molecule has 0 amide bonds. The van der Waals surface area contributed by atoms with Crippen LogP contribution in [0.4, 0.5) is 5.13 Å². The first-order chi connectivity index (χ1) is 9.16. The molecule has 0 aromatic carbocycles. The molecule has 0 bridgehead atoms. The van der Waals surface area contributed by atoms with Crippen molar-refractivity contribution in [2.24, 2.45) is 0 Å². The molecule has 1 atom stereocenters. The Bertz CT molecular complexity index is 484. The highest BCUT2D eigenvalue weighted by Crippen LogP contribution is 2.26. The summed E-state index contributed by atoms with van der Waals surface area (Å²) in [4.78, 5) is 1.97. The van der Waals surface area contributed by atoms with E-state index in [0.717, 1.165) is 27.5 Å². The first-order valence-electron chi connectivity index (χ1n) is 6.07. The Morgan fingerprint density at radius 2 is 2.32 bits per heavy atom. The molecule has 7 heteroatoms. The van der Waals surface area contributed by atoms with Gasteiger partial charge in [0.05, 0.1) is 12.3 Å². The second kappa shape index (κ2) is 6.93. The van der Waals surface area contributed by atoms with E-state index in [1.54, 1.807) is 29.4 Å². The highest BCUT2D eigenvalue weighted by atomic mass is 32.2. The van der Waals surface area contributed by atoms with Gasteiger partial charge in [-0.1, -0.05) is 23.1 Å². The number of rotatable bonds is 7. The summed E-state index contributed by atoms with van der Waals surface area (Å²) in [5, 5.41) is 12.6. The SMILES string of the molecule is CC(NCCSc1nnc(N(C)C)s1)c1ccco1. The minimum Gasteiger partial charge on any atom is -0.468 e. The van der Waals surface area contributed by atoms with Gasteiger partial charge in [-0.3, -0.25) is 0 Å². The van der Waals surface area contributed by atoms with Gasteiger partial charge in [-0.25, -0.2) is 0 Å². The molecule has 1 unspecified atom stereocenters. The average Bonchev–Trinajstić information content (AvgIpc) is 3.05. The minimum atomic E-state index is 0.238. The summed E-state index contributed by atoms with van der Waals surface area (Å²) >= 11 is 3.34. The van der Waals surface area contributed by atoms with Gasteiger partial charge in [-0.2, -0.15) is 0 Å². The standard InChI is InChI=1S/C12H18N4OS2/c1-9(10-5-4-7-17-10)13-6-8-18-12-15-14-11(19-12)16(2)3/h4-5,7,9,13H,6,8H2,1-3H3. The van der Waals surface area contributed by atoms with Crippen LogP contribution in [0.1, 0.15) is 18.7 Å². The lowest BCUT2D eigenvalue weighted by atomic mass is 10.2. The Morgan fingerprint density at radius 3 is 2.95 bits per heavy atom. The van der Waals surface area contributed by atoms with Crippen molar-refractivity contribution in [3.63, 3.8) is 0 Å². The van der Waals surface area contributed by atoms with Gasteiger partial charge in [-0.15, -0.1) is 10.2 Å². The van der Waals surface area contributed by atoms with Crippen molar-refractivity contribution in [3.8, 4) is 0 Å². The number of hydrogen-bond acceptors (Lipinski definition) is 7. The van der Waals surface area contributed by atoms with Crippen LogP contribution in [0.25, 0.3) is 0 Å². The van der Waals surface area contributed by atoms with Crippen molar-refractivity contribution in [1.82, 2.24) is 15.5 Å². The molecular weight excluding hydrogens is 280 g/mol. The van der Waals surface area contributed by atoms with E-state index in [2.05, 4.69) is 22.4 Å². The van der Waals surface area contributed by atoms with Crippen molar-refractivity contribution in [1.29, 1.82) is 0 Å². The molecule has 0 aliphatic heterocycles. The molecule has 19 heavy (non-hydrogen) atoms. The fourth-order valence-corrected chi connectivity index (χ4v) is 3.20. The summed E-state index contributed by atoms with van der Waals surface area (Å²) in [7, 11) is 3.95. The minimum absolute atomic E-state index is 0.238. The number of thioether (sulfide) groups is 1. The van der Waals surface area contributed by atoms with E-state index in [1.807, 2.05) is 31.1 Å². The molecule has 5 nitrogen and oxygen atoms in total. The second-order valence-electron chi connectivity index (χ2n) is 4.28. The predicted molar refractivity (Wildman–Crippen MR) is 80.1 cm³/mol. The molecule has 0 aliphatic rings. The number of nitrogens with zero attached hydrogens (tertiary/aromatic N) is 3. The third kappa shape index (κ3) is 4.22. The van der Waals surface area contributed by atoms with Crippen LogP contribution < -0.4 is 10.2 Å². The average molecular weight is 298 g/mol. The van der Waals surface area contributed by atoms with Gasteiger partial charge in [0.1, 0.15) is 5.76 Å². The van der Waals surface area contributed by atoms with Crippen LogP contribution in [0.2, 0.25) is 0 Å². The van der Waals surface area contributed by atoms with E-state index in [0.29, 0.717) is 0 Å². The van der Waals surface area contributed by atoms with Crippen LogP contribution >= 0.6 is 23.1 Å². The summed E-state index contributed by atoms with van der Waals surface area (Å²) in [6, 6.07) is 4.13. The van der Waals surface area contributed by atoms with Gasteiger partial charge in [0.15, 0.2) is 4.34 Å². The van der Waals surface area contributed by atoms with Crippen molar-refractivity contribution >= 4 is 28.2 Å². The van der Waals surface area contributed by atoms with Gasteiger partial charge in [0.25, 0.3) is 0 Å². The maximum Gasteiger partial charge on any atom is 0.208 e. The van der Waals surface area contributed by atoms with Crippen molar-refractivity contribution in [3.05, 3.63) is 24.2 Å². The Labute approximate surface area is 121 Å². The third-order valence-electron chi connectivity index (χ3n) is 2.53. The fourth-order valence-electron chi connectivity index (χ4n) is 1.49. The van der Waals surface area contributed by atoms with Crippen LogP contribution in [0.15, 0.2) is 27.2 Å². The van der Waals surface area contributed by atoms with Crippen LogP contribution in [-0.4, -0.2) is 36.6 Å². The topological polar surface area (TPSA) is 54.2 Å². The van der Waals surface area contributed by atoms with Gasteiger partial charge < -0.3 is 14.6 Å². The number of furan rings is 1. The zero-order chi connectivity index (χ0) is 13.7. The molecule has 0 radical (unpaired) electrons. The molecule has 0 spiro atoms. The Hall–Kier alpha value is -1.05. The van der Waals surface area contributed by atoms with Crippen LogP contribution in [0, 0.1) is 0 Å². The van der Waals surface area contributed by atoms with Gasteiger partial charge in [0.2, 0.25) is 5.13 Å². The lowest BCUT2D eigenvalue weighted by Gasteiger charge is -2.10. The normalized spacial score (nSPS) is 12.6. The van der Waals surface area contributed by atoms with Crippen LogP contribution in [0.3, 0.4) is 0 Å². The first kappa shape index (κ1) is 14.4. The quantitative estimate of drug-likeness (QED) is 0.626. The number of nitrogens with one attached hydrogen (secondary N) is 1. The summed E-state index contributed by atoms with van der Waals surface area (Å²) in [6.45, 7) is 3.00. The van der Waals surface area contributed by atoms with E-state index in [-0.39, 0.29) is 6.04 Å². The zero-order valence-corrected chi connectivity index (χ0v) is 12.9. The highest BCUT2D eigenvalue weighted by molar-refractivity contribution is 8.01. The molecule has 0 aliphatic carbocycles. The van der Waals surface area contributed by atoms with Gasteiger partial charge in [0, 0.05) is 26.4 Å². The smallest absolute Gasteiger partial charge is 0.208 e. The first-order valence-corrected chi connectivity index (χ1v) is 7.87. The predicted octanol–water partition coefficient (Wildman–Crippen LogP) is 2.64. The molecule has 0 saturated heterocycles. The van der Waals surface area contributed by atoms with Crippen LogP contribution in [0.5, 0.6) is 0 Å². The van der Waals surface area contributed by atoms with E-state index < -0.39 is 0 Å². The van der Waals surface area contributed by atoms with Crippen molar-refractivity contribution in [2.45, 2.75) is 17.3 Å². The largest absolute Gasteiger partial charge is 0.468 e. The molecule has 2 heterocycles. The Balaban J connectivity index is 1.69. The fraction of sp³-hybridized carbons (Fsp3) is 0.500. The maximum absolute atomic E-state index is 5.35. The number of aromatic nitrogens is 2. The highest BCUT2D eigenvalue weighted by Gasteiger charge is 2.08. The molecular formula is C12H18N4OS2. The lowest BCUT2D eigenvalue weighted by molar-refractivity contribution is 0.438. The zero-order valence-electron chi connectivity index (χ0n) is 11.3. The number of anilines is 1. The second-order valence-corrected chi connectivity index (χ2v) is 6.58. The third-order valence-corrected chi connectivity index (χ3v) is 4.75. The summed E-state index contributed by atoms with van der Waals surface area (Å²) in [6.07, 6.45) is 1.70. The Kier molecular flexibility index (Phi) is 5.24. The van der Waals surface area contributed by atoms with E-state index in [4.69, 9.17) is 4.42 Å². The number of hydrogen-bond donors (Lipinski definition) is 1. The molecule has 2 aromatic heterocycles. The van der Waals surface area contributed by atoms with Crippen molar-refractivity contribution in [2.75, 3.05) is 31.3 Å². The molecule has 104 valence electrons. The van der Waals surface area contributed by atoms with E-state index in [9.17, 15) is 0 Å². The summed E-state index contributed by atoms with van der Waals surface area (Å²) in [5.41, 5.74) is 0. The van der Waals surface area contributed by atoms with Crippen molar-refractivity contribution < 1.29 is 4.42 Å². The summed E-state index contributed by atoms with van der Waals surface area (Å²) < 4.78 is 6.36. The molecule has 0 fully saturated rings. The lowest BCUT2D eigenvalue weighted by Crippen LogP contribution is -2.20. The van der Waals surface area contributed by atoms with Crippen LogP contribution in [-0.2, 0) is 0 Å². The van der Waals surface area contributed by atoms with Gasteiger partial charge in [-0.05, 0) is 19.1 Å². The van der Waals surface area contributed by atoms with E-state index in [1.165, 1.54) is 0 Å². The monoisotopic (exact) mass is 298 g/mol. The molecule has 1 N–H and O–H groups in total. The van der Waals surface area contributed by atoms with Gasteiger partial charge >= 0.3 is 0 Å². The van der Waals surface area contributed by atoms with E-state index >= 15 is 0 Å². The summed E-state index contributed by atoms with van der Waals surface area (Å²) in [5.74, 6) is 1.93. The molecule has 2 aromatic rings. The maximum atomic E-state index is 5.35. The molecule has 2 rings (SSSR count). The Morgan fingerprint density at radius 1 is 1.47 bits per heavy atom.